The quantitative estimate of drug-likeness (QED) is 0.782. The maximum absolute atomic E-state index is 14.2. The number of carbonyl (C=O) groups excluding carboxylic acids is 1. The molecule has 0 bridgehead atoms. The molecule has 0 saturated carbocycles. The Morgan fingerprint density at radius 1 is 1.42 bits per heavy atom. The van der Waals surface area contributed by atoms with Crippen molar-refractivity contribution < 1.29 is 22.0 Å². The highest BCUT2D eigenvalue weighted by molar-refractivity contribution is 8.16. The molecule has 1 aromatic rings. The first-order chi connectivity index (χ1) is 11.3. The molecule has 0 radical (unpaired) electrons. The van der Waals surface area contributed by atoms with E-state index in [-0.39, 0.29) is 22.4 Å². The predicted octanol–water partition coefficient (Wildman–Crippen LogP) is 1.48. The molecule has 1 amide bonds. The van der Waals surface area contributed by atoms with Gasteiger partial charge in [-0.15, -0.1) is 0 Å². The first-order valence-electron chi connectivity index (χ1n) is 6.90. The van der Waals surface area contributed by atoms with E-state index >= 15 is 0 Å². The summed E-state index contributed by atoms with van der Waals surface area (Å²) in [6.07, 6.45) is -0.433. The van der Waals surface area contributed by atoms with E-state index in [1.165, 1.54) is 11.0 Å². The SMILES string of the molecule is N#CCC(=O)N=C1S[C@@H]2CS(=O)(=O)C[C@H]2N1c1ccc(F)cc1F. The number of benzene rings is 1. The van der Waals surface area contributed by atoms with Crippen LogP contribution in [-0.4, -0.2) is 42.3 Å². The Bertz CT molecular complexity index is 880. The number of anilines is 1. The van der Waals surface area contributed by atoms with E-state index in [9.17, 15) is 22.0 Å². The summed E-state index contributed by atoms with van der Waals surface area (Å²) >= 11 is 1.06. The van der Waals surface area contributed by atoms with Gasteiger partial charge in [0.1, 0.15) is 18.1 Å². The standard InChI is InChI=1S/C14H11F2N3O3S2/c15-8-1-2-10(9(16)5-8)19-11-6-24(21,22)7-12(11)23-14(19)18-13(20)3-4-17/h1-2,5,11-12H,3,6-7H2/t11-,12-/m1/s1. The van der Waals surface area contributed by atoms with Crippen LogP contribution < -0.4 is 4.90 Å². The minimum Gasteiger partial charge on any atom is -0.313 e. The highest BCUT2D eigenvalue weighted by Gasteiger charge is 2.50. The molecule has 3 rings (SSSR count). The number of thioether (sulfide) groups is 1. The van der Waals surface area contributed by atoms with Crippen molar-refractivity contribution in [3.63, 3.8) is 0 Å². The molecule has 126 valence electrons. The lowest BCUT2D eigenvalue weighted by atomic mass is 10.2. The topological polar surface area (TPSA) is 90.6 Å². The first kappa shape index (κ1) is 16.9. The Morgan fingerprint density at radius 3 is 2.83 bits per heavy atom. The van der Waals surface area contributed by atoms with Gasteiger partial charge in [-0.3, -0.25) is 4.79 Å². The van der Waals surface area contributed by atoms with Gasteiger partial charge in [-0.25, -0.2) is 17.2 Å². The lowest BCUT2D eigenvalue weighted by molar-refractivity contribution is -0.116. The van der Waals surface area contributed by atoms with Crippen LogP contribution in [0.1, 0.15) is 6.42 Å². The monoisotopic (exact) mass is 371 g/mol. The van der Waals surface area contributed by atoms with Gasteiger partial charge < -0.3 is 4.90 Å². The molecule has 0 aliphatic carbocycles. The van der Waals surface area contributed by atoms with Gasteiger partial charge in [-0.05, 0) is 12.1 Å². The highest BCUT2D eigenvalue weighted by Crippen LogP contribution is 2.41. The summed E-state index contributed by atoms with van der Waals surface area (Å²) < 4.78 is 51.0. The molecule has 1 aromatic carbocycles. The fourth-order valence-corrected chi connectivity index (χ4v) is 6.66. The number of amides is 1. The summed E-state index contributed by atoms with van der Waals surface area (Å²) in [6.45, 7) is 0. The van der Waals surface area contributed by atoms with E-state index in [4.69, 9.17) is 5.26 Å². The molecular formula is C14H11F2N3O3S2. The maximum atomic E-state index is 14.2. The maximum Gasteiger partial charge on any atom is 0.262 e. The molecular weight excluding hydrogens is 360 g/mol. The number of amidine groups is 1. The summed E-state index contributed by atoms with van der Waals surface area (Å²) in [7, 11) is -3.28. The lowest BCUT2D eigenvalue weighted by Crippen LogP contribution is -2.38. The van der Waals surface area contributed by atoms with Crippen LogP contribution in [-0.2, 0) is 14.6 Å². The van der Waals surface area contributed by atoms with E-state index in [2.05, 4.69) is 4.99 Å². The number of sulfone groups is 1. The summed E-state index contributed by atoms with van der Waals surface area (Å²) in [5.41, 5.74) is -0.0444. The number of nitriles is 1. The lowest BCUT2D eigenvalue weighted by Gasteiger charge is -2.24. The number of halogens is 2. The van der Waals surface area contributed by atoms with Crippen molar-refractivity contribution in [3.05, 3.63) is 29.8 Å². The Morgan fingerprint density at radius 2 is 2.17 bits per heavy atom. The van der Waals surface area contributed by atoms with Gasteiger partial charge in [0, 0.05) is 11.3 Å². The molecule has 2 heterocycles. The molecule has 24 heavy (non-hydrogen) atoms. The van der Waals surface area contributed by atoms with E-state index in [1.807, 2.05) is 0 Å². The highest BCUT2D eigenvalue weighted by atomic mass is 32.2. The van der Waals surface area contributed by atoms with Crippen LogP contribution in [0.3, 0.4) is 0 Å². The largest absolute Gasteiger partial charge is 0.313 e. The number of nitrogens with zero attached hydrogens (tertiary/aromatic N) is 3. The van der Waals surface area contributed by atoms with Crippen LogP contribution in [0.25, 0.3) is 0 Å². The van der Waals surface area contributed by atoms with Gasteiger partial charge in [0.2, 0.25) is 0 Å². The molecule has 6 nitrogen and oxygen atoms in total. The van der Waals surface area contributed by atoms with Gasteiger partial charge >= 0.3 is 0 Å². The van der Waals surface area contributed by atoms with Crippen LogP contribution in [0.15, 0.2) is 23.2 Å². The molecule has 2 aliphatic rings. The third kappa shape index (κ3) is 3.14. The smallest absolute Gasteiger partial charge is 0.262 e. The molecule has 2 fully saturated rings. The third-order valence-electron chi connectivity index (χ3n) is 3.69. The minimum atomic E-state index is -3.28. The number of aliphatic imine (C=N–C) groups is 1. The van der Waals surface area contributed by atoms with Crippen molar-refractivity contribution in [1.29, 1.82) is 5.26 Å². The number of carbonyl (C=O) groups is 1. The fourth-order valence-electron chi connectivity index (χ4n) is 2.74. The summed E-state index contributed by atoms with van der Waals surface area (Å²) in [5.74, 6) is -2.64. The second kappa shape index (κ2) is 6.14. The number of hydrogen-bond acceptors (Lipinski definition) is 5. The Labute approximate surface area is 141 Å². The predicted molar refractivity (Wildman–Crippen MR) is 85.3 cm³/mol. The van der Waals surface area contributed by atoms with Crippen molar-refractivity contribution in [2.24, 2.45) is 4.99 Å². The molecule has 0 spiro atoms. The zero-order chi connectivity index (χ0) is 17.5. The second-order valence-corrected chi connectivity index (χ2v) is 8.75. The molecule has 2 saturated heterocycles. The van der Waals surface area contributed by atoms with Crippen LogP contribution in [0.5, 0.6) is 0 Å². The van der Waals surface area contributed by atoms with Crippen molar-refractivity contribution in [1.82, 2.24) is 0 Å². The van der Waals surface area contributed by atoms with Crippen molar-refractivity contribution in [2.75, 3.05) is 16.4 Å². The van der Waals surface area contributed by atoms with Crippen LogP contribution in [0.4, 0.5) is 14.5 Å². The summed E-state index contributed by atoms with van der Waals surface area (Å²) in [4.78, 5) is 16.8. The zero-order valence-corrected chi connectivity index (χ0v) is 13.8. The van der Waals surface area contributed by atoms with Crippen LogP contribution in [0, 0.1) is 23.0 Å². The van der Waals surface area contributed by atoms with Gasteiger partial charge in [-0.1, -0.05) is 11.8 Å². The molecule has 0 N–H and O–H groups in total. The van der Waals surface area contributed by atoms with E-state index in [0.29, 0.717) is 6.07 Å². The van der Waals surface area contributed by atoms with E-state index < -0.39 is 45.1 Å². The van der Waals surface area contributed by atoms with Gasteiger partial charge in [-0.2, -0.15) is 10.3 Å². The number of fused-ring (bicyclic) bond motifs is 1. The van der Waals surface area contributed by atoms with Crippen molar-refractivity contribution >= 4 is 38.4 Å². The fraction of sp³-hybridized carbons (Fsp3) is 0.357. The molecule has 10 heteroatoms. The van der Waals surface area contributed by atoms with Crippen molar-refractivity contribution in [2.45, 2.75) is 17.7 Å². The molecule has 0 unspecified atom stereocenters. The van der Waals surface area contributed by atoms with Crippen LogP contribution in [0.2, 0.25) is 0 Å². The Kier molecular flexibility index (Phi) is 4.31. The summed E-state index contributed by atoms with van der Waals surface area (Å²) in [6, 6.07) is 4.00. The first-order valence-corrected chi connectivity index (χ1v) is 9.60. The average Bonchev–Trinajstić information content (AvgIpc) is 2.91. The third-order valence-corrected chi connectivity index (χ3v) is 6.90. The average molecular weight is 371 g/mol. The molecule has 2 atom stereocenters. The Hall–Kier alpha value is -1.99. The van der Waals surface area contributed by atoms with Gasteiger partial charge in [0.25, 0.3) is 5.91 Å². The van der Waals surface area contributed by atoms with E-state index in [0.717, 1.165) is 17.8 Å². The second-order valence-electron chi connectivity index (χ2n) is 5.39. The minimum absolute atomic E-state index is 0.0444. The van der Waals surface area contributed by atoms with Crippen molar-refractivity contribution in [3.8, 4) is 6.07 Å². The number of hydrogen-bond donors (Lipinski definition) is 0. The molecule has 0 aromatic heterocycles. The molecule has 2 aliphatic heterocycles. The van der Waals surface area contributed by atoms with Gasteiger partial charge in [0.15, 0.2) is 15.0 Å². The van der Waals surface area contributed by atoms with E-state index in [1.54, 1.807) is 6.07 Å². The normalized spacial score (nSPS) is 26.4. The van der Waals surface area contributed by atoms with Gasteiger partial charge in [0.05, 0.1) is 29.3 Å². The number of rotatable bonds is 2. The van der Waals surface area contributed by atoms with Crippen LogP contribution >= 0.6 is 11.8 Å². The Balaban J connectivity index is 2.05. The summed E-state index contributed by atoms with van der Waals surface area (Å²) in [5, 5.41) is 8.29. The zero-order valence-electron chi connectivity index (χ0n) is 12.1.